The van der Waals surface area contributed by atoms with Crippen LogP contribution in [0.2, 0.25) is 0 Å². The summed E-state index contributed by atoms with van der Waals surface area (Å²) in [6.07, 6.45) is 6.73. The monoisotopic (exact) mass is 381 g/mol. The van der Waals surface area contributed by atoms with Crippen LogP contribution in [0.15, 0.2) is 30.3 Å². The smallest absolute Gasteiger partial charge is 0.330 e. The molecule has 0 bridgehead atoms. The van der Waals surface area contributed by atoms with E-state index in [4.69, 9.17) is 0 Å². The van der Waals surface area contributed by atoms with E-state index in [1.54, 1.807) is 6.08 Å². The van der Waals surface area contributed by atoms with Gasteiger partial charge < -0.3 is 4.74 Å². The number of nitrogens with zero attached hydrogens (tertiary/aromatic N) is 3. The van der Waals surface area contributed by atoms with Gasteiger partial charge >= 0.3 is 5.97 Å². The van der Waals surface area contributed by atoms with Crippen LogP contribution >= 0.6 is 0 Å². The Hall–Kier alpha value is -2.40. The number of carbonyl (C=O) groups is 1. The number of likely N-dealkylation sites (tertiary alicyclic amines) is 1. The van der Waals surface area contributed by atoms with E-state index in [0.717, 1.165) is 37.3 Å². The van der Waals surface area contributed by atoms with Crippen molar-refractivity contribution in [1.29, 1.82) is 0 Å². The van der Waals surface area contributed by atoms with Crippen molar-refractivity contribution >= 4 is 12.0 Å². The summed E-state index contributed by atoms with van der Waals surface area (Å²) in [5.74, 6) is -0.331. The van der Waals surface area contributed by atoms with Crippen LogP contribution in [0.3, 0.4) is 0 Å². The van der Waals surface area contributed by atoms with E-state index in [0.29, 0.717) is 6.04 Å². The Balaban J connectivity index is 1.65. The van der Waals surface area contributed by atoms with Crippen molar-refractivity contribution < 1.29 is 9.53 Å². The maximum absolute atomic E-state index is 11.2. The topological polar surface area (TPSA) is 47.4 Å². The van der Waals surface area contributed by atoms with Gasteiger partial charge in [0, 0.05) is 30.9 Å². The van der Waals surface area contributed by atoms with Gasteiger partial charge in [0.15, 0.2) is 0 Å². The molecule has 0 aliphatic carbocycles. The molecule has 1 aliphatic rings. The van der Waals surface area contributed by atoms with Crippen molar-refractivity contribution in [2.45, 2.75) is 52.6 Å². The molecule has 1 saturated heterocycles. The molecular weight excluding hydrogens is 350 g/mol. The first-order chi connectivity index (χ1) is 13.5. The third-order valence-corrected chi connectivity index (χ3v) is 5.78. The van der Waals surface area contributed by atoms with Gasteiger partial charge in [0.2, 0.25) is 0 Å². The van der Waals surface area contributed by atoms with Crippen LogP contribution in [0, 0.1) is 13.8 Å². The normalized spacial score (nSPS) is 17.5. The van der Waals surface area contributed by atoms with Crippen molar-refractivity contribution in [2.24, 2.45) is 0 Å². The van der Waals surface area contributed by atoms with E-state index in [1.165, 1.54) is 42.8 Å². The zero-order valence-corrected chi connectivity index (χ0v) is 17.4. The van der Waals surface area contributed by atoms with Crippen molar-refractivity contribution in [1.82, 2.24) is 14.7 Å². The number of ether oxygens (including phenoxy) is 1. The standard InChI is InChI=1S/C23H31N3O2/c1-5-26-18(3)21(17(2)24-26)14-16-25-15-6-7-22(25)20-11-8-19(9-12-20)10-13-23(27)28-4/h8-13,22H,5-7,14-16H2,1-4H3. The molecule has 0 amide bonds. The van der Waals surface area contributed by atoms with Gasteiger partial charge in [-0.3, -0.25) is 9.58 Å². The highest BCUT2D eigenvalue weighted by molar-refractivity contribution is 5.86. The van der Waals surface area contributed by atoms with Crippen LogP contribution in [-0.2, 0) is 22.5 Å². The molecule has 1 fully saturated rings. The first-order valence-corrected chi connectivity index (χ1v) is 10.2. The zero-order valence-electron chi connectivity index (χ0n) is 17.4. The fraction of sp³-hybridized carbons (Fsp3) is 0.478. The highest BCUT2D eigenvalue weighted by Crippen LogP contribution is 2.32. The summed E-state index contributed by atoms with van der Waals surface area (Å²) in [5.41, 5.74) is 6.23. The molecule has 1 aromatic carbocycles. The van der Waals surface area contributed by atoms with E-state index in [1.807, 2.05) is 0 Å². The van der Waals surface area contributed by atoms with Crippen molar-refractivity contribution in [3.8, 4) is 0 Å². The van der Waals surface area contributed by atoms with E-state index >= 15 is 0 Å². The summed E-state index contributed by atoms with van der Waals surface area (Å²) in [4.78, 5) is 13.8. The van der Waals surface area contributed by atoms with Crippen LogP contribution in [0.5, 0.6) is 0 Å². The summed E-state index contributed by atoms with van der Waals surface area (Å²) >= 11 is 0. The zero-order chi connectivity index (χ0) is 20.1. The van der Waals surface area contributed by atoms with Crippen molar-refractivity contribution in [3.63, 3.8) is 0 Å². The Morgan fingerprint density at radius 2 is 2.04 bits per heavy atom. The van der Waals surface area contributed by atoms with Gasteiger partial charge in [-0.2, -0.15) is 5.10 Å². The lowest BCUT2D eigenvalue weighted by Crippen LogP contribution is -2.26. The molecule has 3 rings (SSSR count). The fourth-order valence-corrected chi connectivity index (χ4v) is 4.19. The minimum Gasteiger partial charge on any atom is -0.466 e. The Morgan fingerprint density at radius 1 is 1.29 bits per heavy atom. The molecular formula is C23H31N3O2. The molecule has 5 heteroatoms. The second-order valence-corrected chi connectivity index (χ2v) is 7.43. The maximum atomic E-state index is 11.2. The number of esters is 1. The van der Waals surface area contributed by atoms with Crippen LogP contribution < -0.4 is 0 Å². The highest BCUT2D eigenvalue weighted by atomic mass is 16.5. The van der Waals surface area contributed by atoms with E-state index in [2.05, 4.69) is 64.5 Å². The number of rotatable bonds is 7. The van der Waals surface area contributed by atoms with Crippen LogP contribution in [0.1, 0.15) is 53.9 Å². The number of methoxy groups -OCH3 is 1. The van der Waals surface area contributed by atoms with E-state index in [9.17, 15) is 4.79 Å². The predicted molar refractivity (Wildman–Crippen MR) is 112 cm³/mol. The fourth-order valence-electron chi connectivity index (χ4n) is 4.19. The van der Waals surface area contributed by atoms with Gasteiger partial charge in [0.05, 0.1) is 12.8 Å². The average molecular weight is 382 g/mol. The van der Waals surface area contributed by atoms with Crippen LogP contribution in [-0.4, -0.2) is 40.8 Å². The Labute approximate surface area is 168 Å². The van der Waals surface area contributed by atoms with Gasteiger partial charge in [-0.1, -0.05) is 24.3 Å². The summed E-state index contributed by atoms with van der Waals surface area (Å²) in [6, 6.07) is 8.99. The second kappa shape index (κ2) is 9.20. The Bertz CT molecular complexity index is 836. The summed E-state index contributed by atoms with van der Waals surface area (Å²) in [6.45, 7) is 9.58. The number of aryl methyl sites for hydroxylation is 2. The molecule has 0 spiro atoms. The van der Waals surface area contributed by atoms with Crippen LogP contribution in [0.4, 0.5) is 0 Å². The first kappa shape index (κ1) is 20.3. The molecule has 28 heavy (non-hydrogen) atoms. The lowest BCUT2D eigenvalue weighted by molar-refractivity contribution is -0.134. The van der Waals surface area contributed by atoms with E-state index in [-0.39, 0.29) is 5.97 Å². The molecule has 2 aromatic rings. The highest BCUT2D eigenvalue weighted by Gasteiger charge is 2.26. The molecule has 1 aliphatic heterocycles. The SMILES string of the molecule is CCn1nc(C)c(CCN2CCCC2c2ccc(C=CC(=O)OC)cc2)c1C. The Morgan fingerprint density at radius 3 is 2.68 bits per heavy atom. The number of carbonyl (C=O) groups excluding carboxylic acids is 1. The van der Waals surface area contributed by atoms with Gasteiger partial charge in [0.25, 0.3) is 0 Å². The van der Waals surface area contributed by atoms with Gasteiger partial charge in [0.1, 0.15) is 0 Å². The van der Waals surface area contributed by atoms with E-state index < -0.39 is 0 Å². The lowest BCUT2D eigenvalue weighted by atomic mass is 10.0. The third-order valence-electron chi connectivity index (χ3n) is 5.78. The quantitative estimate of drug-likeness (QED) is 0.535. The predicted octanol–water partition coefficient (Wildman–Crippen LogP) is 4.09. The molecule has 1 atom stereocenters. The molecule has 2 heterocycles. The summed E-state index contributed by atoms with van der Waals surface area (Å²) < 4.78 is 6.75. The summed E-state index contributed by atoms with van der Waals surface area (Å²) in [5, 5.41) is 4.66. The number of hydrogen-bond acceptors (Lipinski definition) is 4. The third kappa shape index (κ3) is 4.53. The minimum atomic E-state index is -0.331. The largest absolute Gasteiger partial charge is 0.466 e. The first-order valence-electron chi connectivity index (χ1n) is 10.2. The molecule has 0 radical (unpaired) electrons. The van der Waals surface area contributed by atoms with Gasteiger partial charge in [-0.25, -0.2) is 4.79 Å². The van der Waals surface area contributed by atoms with Crippen molar-refractivity contribution in [3.05, 3.63) is 58.4 Å². The van der Waals surface area contributed by atoms with Gasteiger partial charge in [-0.05, 0) is 69.3 Å². The maximum Gasteiger partial charge on any atom is 0.330 e. The molecule has 1 aromatic heterocycles. The minimum absolute atomic E-state index is 0.331. The van der Waals surface area contributed by atoms with Crippen LogP contribution in [0.25, 0.3) is 6.08 Å². The number of aromatic nitrogens is 2. The molecule has 5 nitrogen and oxygen atoms in total. The van der Waals surface area contributed by atoms with Gasteiger partial charge in [-0.15, -0.1) is 0 Å². The number of benzene rings is 1. The number of hydrogen-bond donors (Lipinski definition) is 0. The molecule has 1 unspecified atom stereocenters. The molecule has 0 saturated carbocycles. The molecule has 150 valence electrons. The second-order valence-electron chi connectivity index (χ2n) is 7.43. The average Bonchev–Trinajstić information content (AvgIpc) is 3.29. The summed E-state index contributed by atoms with van der Waals surface area (Å²) in [7, 11) is 1.39. The Kier molecular flexibility index (Phi) is 6.68. The van der Waals surface area contributed by atoms with Crippen molar-refractivity contribution in [2.75, 3.05) is 20.2 Å². The lowest BCUT2D eigenvalue weighted by Gasteiger charge is -2.25. The molecule has 0 N–H and O–H groups in total.